The van der Waals surface area contributed by atoms with E-state index in [0.29, 0.717) is 13.2 Å². The van der Waals surface area contributed by atoms with Gasteiger partial charge in [-0.15, -0.1) is 0 Å². The summed E-state index contributed by atoms with van der Waals surface area (Å²) < 4.78 is 29.5. The molecule has 0 unspecified atom stereocenters. The van der Waals surface area contributed by atoms with Crippen LogP contribution in [0.5, 0.6) is 0 Å². The van der Waals surface area contributed by atoms with Gasteiger partial charge in [0.1, 0.15) is 13.2 Å². The van der Waals surface area contributed by atoms with E-state index < -0.39 is 0 Å². The van der Waals surface area contributed by atoms with Crippen LogP contribution in [0.2, 0.25) is 0 Å². The van der Waals surface area contributed by atoms with Crippen LogP contribution in [0.3, 0.4) is 0 Å². The third-order valence-electron chi connectivity index (χ3n) is 1.13. The molecule has 0 aliphatic heterocycles. The van der Waals surface area contributed by atoms with Crippen LogP contribution in [0, 0.1) is 93.3 Å². The monoisotopic (exact) mass is 1530 g/mol. The first-order chi connectivity index (χ1) is 13.5. The van der Waals surface area contributed by atoms with E-state index in [0.717, 1.165) is 0 Å². The van der Waals surface area contributed by atoms with Gasteiger partial charge in [-0.2, -0.15) is 9.88 Å². The molecule has 294 valence electrons. The average molecular weight is 1530 g/mol. The van der Waals surface area contributed by atoms with E-state index in [2.05, 4.69) is 19.4 Å². The fraction of sp³-hybridized carbons (Fsp3) is 1.00. The first-order valence-electron chi connectivity index (χ1n) is 7.81. The van der Waals surface area contributed by atoms with Gasteiger partial charge in [0.2, 0.25) is 0 Å². The zero-order valence-corrected chi connectivity index (χ0v) is 33.8. The molecule has 0 spiro atoms. The Morgan fingerprint density at radius 3 is 0.477 bits per heavy atom. The number of aliphatic hydroxyl groups is 8. The number of aliphatic hydroxyl groups excluding tert-OH is 8. The number of halogens is 2. The fourth-order valence-electron chi connectivity index (χ4n) is 0.252. The maximum Gasteiger partial charge on any atom is 0.111 e. The maximum absolute atomic E-state index is 10.3. The summed E-state index contributed by atoms with van der Waals surface area (Å²) in [5.41, 5.74) is 0. The zero-order chi connectivity index (χ0) is 23.3. The molecule has 0 aromatic carbocycles. The molecule has 0 aromatic heterocycles. The summed E-state index contributed by atoms with van der Waals surface area (Å²) >= 11 is 0. The van der Waals surface area contributed by atoms with Crippen molar-refractivity contribution in [2.75, 3.05) is 93.5 Å². The normalized spacial score (nSPS) is 5.18. The van der Waals surface area contributed by atoms with E-state index in [9.17, 15) is 9.05 Å². The van der Waals surface area contributed by atoms with Crippen LogP contribution in [0.25, 0.3) is 0 Å². The first kappa shape index (κ1) is 159. The van der Waals surface area contributed by atoms with Gasteiger partial charge in [-0.05, 0) is 9.05 Å². The molecule has 0 saturated heterocycles. The van der Waals surface area contributed by atoms with Gasteiger partial charge >= 0.3 is 0 Å². The van der Waals surface area contributed by atoms with Gasteiger partial charge < -0.3 is 50.3 Å². The molecule has 0 aliphatic carbocycles. The number of methoxy groups -OCH3 is 2. The third kappa shape index (κ3) is 506. The molecule has 0 aliphatic rings. The van der Waals surface area contributed by atoms with Gasteiger partial charge in [-0.3, -0.25) is 0 Å². The molecule has 12 nitrogen and oxygen atoms in total. The molecule has 0 rings (SSSR count). The van der Waals surface area contributed by atoms with Crippen molar-refractivity contribution in [1.29, 1.82) is 0 Å². The van der Waals surface area contributed by atoms with Gasteiger partial charge in [-0.1, -0.05) is 89.1 Å². The second kappa shape index (κ2) is 256. The summed E-state index contributed by atoms with van der Waals surface area (Å²) in [6.07, 6.45) is 0. The Labute approximate surface area is 362 Å². The molecule has 44 heavy (non-hydrogen) atoms. The summed E-state index contributed by atoms with van der Waals surface area (Å²) in [4.78, 5) is 5.88. The predicted molar refractivity (Wildman–Crippen MR) is 175 cm³/mol. The van der Waals surface area contributed by atoms with Crippen LogP contribution in [-0.4, -0.2) is 134 Å². The Bertz CT molecular complexity index is 156. The van der Waals surface area contributed by atoms with Crippen molar-refractivity contribution < 1.29 is 184 Å². The molecule has 0 fully saturated rings. The fourth-order valence-corrected chi connectivity index (χ4v) is 0.252. The van der Waals surface area contributed by atoms with Gasteiger partial charge in [-0.25, -0.2) is 0 Å². The number of hydrogen-bond acceptors (Lipinski definition) is 12. The molecular weight excluding hydrogens is 1440 g/mol. The molecule has 18 heteroatoms. The molecule has 8 N–H and O–H groups in total. The van der Waals surface area contributed by atoms with Crippen LogP contribution in [0.15, 0.2) is 0 Å². The molecule has 0 atom stereocenters. The summed E-state index contributed by atoms with van der Waals surface area (Å²) in [6, 6.07) is 0. The SMILES string of the molecule is C.C.C.C.C.C.C.C.C.C.C.C.COCCO.COCCO.OCCO.OCCO.OCCOF.OCCOF.[U].[U].[U].[W]. The largest absolute Gasteiger partial charge is 0.394 e. The quantitative estimate of drug-likeness (QED) is 0.152. The minimum absolute atomic E-state index is 0. The minimum atomic E-state index is -0.253. The summed E-state index contributed by atoms with van der Waals surface area (Å²) in [5, 5.41) is 61.8. The van der Waals surface area contributed by atoms with Crippen molar-refractivity contribution in [1.82, 2.24) is 0 Å². The van der Waals surface area contributed by atoms with Crippen LogP contribution in [-0.2, 0) is 40.4 Å². The topological polar surface area (TPSA) is 199 Å². The summed E-state index contributed by atoms with van der Waals surface area (Å²) in [6.45, 7) is -0.319. The van der Waals surface area contributed by atoms with Crippen molar-refractivity contribution in [3.8, 4) is 0 Å². The van der Waals surface area contributed by atoms with E-state index in [1.54, 1.807) is 14.2 Å². The van der Waals surface area contributed by atoms with E-state index in [4.69, 9.17) is 40.9 Å². The average Bonchev–Trinajstić information content (AvgIpc) is 2.72. The molecule has 0 radical (unpaired) electrons. The van der Waals surface area contributed by atoms with Gasteiger partial charge in [0.25, 0.3) is 0 Å². The van der Waals surface area contributed by atoms with Crippen LogP contribution >= 0.6 is 0 Å². The van der Waals surface area contributed by atoms with Gasteiger partial charge in [0.15, 0.2) is 0 Å². The smallest absolute Gasteiger partial charge is 0.111 e. The molecule has 0 bridgehead atoms. The second-order valence-electron chi connectivity index (χ2n) is 3.40. The molecular formula is C26H86F2O12U3W. The third-order valence-corrected chi connectivity index (χ3v) is 1.13. The standard InChI is InChI=1S/2C3H8O2.2C2H5FO2.2C2H6O2.12CH4.3U.W/c2*1-5-3-2-4;2*3-5-2-1-4;2*3-1-2-4;;;;;;;;;;;;;;;;/h2*4H,2-3H2,1H3;2*4H,1-2H2;2*3-4H,1-2H2;12*1H4;;;;. The first-order valence-corrected chi connectivity index (χ1v) is 7.81. The van der Waals surface area contributed by atoms with Crippen molar-refractivity contribution in [2.45, 2.75) is 89.1 Å². The van der Waals surface area contributed by atoms with Crippen LogP contribution < -0.4 is 0 Å². The van der Waals surface area contributed by atoms with Crippen molar-refractivity contribution >= 4 is 0 Å². The number of ether oxygens (including phenoxy) is 2. The molecule has 0 saturated carbocycles. The number of rotatable bonds is 10. The predicted octanol–water partition coefficient (Wildman–Crippen LogP) is 4.58. The van der Waals surface area contributed by atoms with Crippen LogP contribution in [0.4, 0.5) is 9.05 Å². The van der Waals surface area contributed by atoms with Crippen molar-refractivity contribution in [3.63, 3.8) is 0 Å². The summed E-state index contributed by atoms with van der Waals surface area (Å²) in [5.74, 6) is 0. The van der Waals surface area contributed by atoms with Crippen LogP contribution in [0.1, 0.15) is 89.1 Å². The van der Waals surface area contributed by atoms with E-state index in [1.807, 2.05) is 0 Å². The second-order valence-corrected chi connectivity index (χ2v) is 3.40. The Balaban J connectivity index is -0.00000000616. The Morgan fingerprint density at radius 1 is 0.341 bits per heavy atom. The van der Waals surface area contributed by atoms with Gasteiger partial charge in [0.05, 0.1) is 66.1 Å². The molecule has 0 heterocycles. The van der Waals surface area contributed by atoms with Gasteiger partial charge in [0, 0.05) is 129 Å². The Morgan fingerprint density at radius 2 is 0.477 bits per heavy atom. The molecule has 0 aromatic rings. The van der Waals surface area contributed by atoms with Crippen molar-refractivity contribution in [2.24, 2.45) is 0 Å². The van der Waals surface area contributed by atoms with E-state index in [-0.39, 0.29) is 270 Å². The minimum Gasteiger partial charge on any atom is -0.394 e. The molecule has 0 amide bonds. The van der Waals surface area contributed by atoms with E-state index >= 15 is 0 Å². The zero-order valence-electron chi connectivity index (χ0n) is 18.4. The Hall–Kier alpha value is 3.22. The number of hydrogen-bond donors (Lipinski definition) is 8. The van der Waals surface area contributed by atoms with E-state index in [1.165, 1.54) is 0 Å². The maximum atomic E-state index is 10.3. The Kier molecular flexibility index (Phi) is 922. The van der Waals surface area contributed by atoms with Crippen molar-refractivity contribution in [3.05, 3.63) is 0 Å². The summed E-state index contributed by atoms with van der Waals surface area (Å²) in [7, 11) is 3.10.